The Hall–Kier alpha value is -4.17. The molecule has 0 fully saturated rings. The highest BCUT2D eigenvalue weighted by molar-refractivity contribution is 7.07. The zero-order valence-electron chi connectivity index (χ0n) is 21.7. The topological polar surface area (TPSA) is 79.1 Å². The van der Waals surface area contributed by atoms with Crippen LogP contribution in [0.25, 0.3) is 16.8 Å². The van der Waals surface area contributed by atoms with Gasteiger partial charge in [-0.2, -0.15) is 0 Å². The fourth-order valence-corrected chi connectivity index (χ4v) is 5.84. The second-order valence-corrected chi connectivity index (χ2v) is 9.68. The molecule has 0 saturated carbocycles. The molecule has 3 aromatic carbocycles. The zero-order chi connectivity index (χ0) is 26.8. The van der Waals surface area contributed by atoms with Gasteiger partial charge in [-0.25, -0.2) is 9.79 Å². The van der Waals surface area contributed by atoms with E-state index in [4.69, 9.17) is 14.2 Å². The van der Waals surface area contributed by atoms with E-state index < -0.39 is 12.0 Å². The molecule has 0 aliphatic carbocycles. The Balaban J connectivity index is 1.80. The Morgan fingerprint density at radius 2 is 1.79 bits per heavy atom. The second-order valence-electron chi connectivity index (χ2n) is 8.68. The molecule has 0 unspecified atom stereocenters. The monoisotopic (exact) mass is 528 g/mol. The number of fused-ring (bicyclic) bond motifs is 2. The Morgan fingerprint density at radius 3 is 2.55 bits per heavy atom. The predicted octanol–water partition coefficient (Wildman–Crippen LogP) is 4.36. The van der Waals surface area contributed by atoms with E-state index in [2.05, 4.69) is 4.99 Å². The minimum absolute atomic E-state index is 0.209. The van der Waals surface area contributed by atoms with Crippen molar-refractivity contribution in [2.45, 2.75) is 26.8 Å². The summed E-state index contributed by atoms with van der Waals surface area (Å²) in [6.07, 6.45) is 1.85. The summed E-state index contributed by atoms with van der Waals surface area (Å²) in [5, 5.41) is 2.01. The van der Waals surface area contributed by atoms with Crippen LogP contribution in [0.1, 0.15) is 37.9 Å². The fraction of sp³-hybridized carbons (Fsp3) is 0.233. The molecule has 0 spiro atoms. The lowest BCUT2D eigenvalue weighted by molar-refractivity contribution is -0.139. The molecule has 0 bridgehead atoms. The van der Waals surface area contributed by atoms with E-state index in [1.165, 1.54) is 11.3 Å². The molecule has 0 saturated heterocycles. The highest BCUT2D eigenvalue weighted by Crippen LogP contribution is 2.36. The fourth-order valence-electron chi connectivity index (χ4n) is 4.81. The zero-order valence-corrected chi connectivity index (χ0v) is 22.5. The van der Waals surface area contributed by atoms with Gasteiger partial charge >= 0.3 is 5.97 Å². The van der Waals surface area contributed by atoms with Crippen molar-refractivity contribution < 1.29 is 19.0 Å². The first-order chi connectivity index (χ1) is 18.5. The van der Waals surface area contributed by atoms with Crippen LogP contribution in [0.4, 0.5) is 0 Å². The molecule has 0 N–H and O–H groups in total. The first-order valence-electron chi connectivity index (χ1n) is 12.5. The van der Waals surface area contributed by atoms with E-state index in [9.17, 15) is 9.59 Å². The van der Waals surface area contributed by atoms with E-state index in [1.54, 1.807) is 25.5 Å². The van der Waals surface area contributed by atoms with Gasteiger partial charge in [0.15, 0.2) is 4.80 Å². The number of aromatic nitrogens is 1. The number of rotatable bonds is 7. The first-order valence-corrected chi connectivity index (χ1v) is 13.3. The number of para-hydroxylation sites is 1. The summed E-state index contributed by atoms with van der Waals surface area (Å²) < 4.78 is 19.0. The van der Waals surface area contributed by atoms with Gasteiger partial charge in [-0.05, 0) is 49.8 Å². The number of esters is 1. The van der Waals surface area contributed by atoms with E-state index in [-0.39, 0.29) is 12.2 Å². The van der Waals surface area contributed by atoms with Crippen molar-refractivity contribution in [2.75, 3.05) is 20.3 Å². The van der Waals surface area contributed by atoms with Crippen molar-refractivity contribution in [3.8, 4) is 11.5 Å². The normalized spacial score (nSPS) is 15.3. The van der Waals surface area contributed by atoms with Crippen LogP contribution in [0, 0.1) is 0 Å². The lowest BCUT2D eigenvalue weighted by atomic mass is 9.95. The van der Waals surface area contributed by atoms with Crippen LogP contribution in [-0.4, -0.2) is 30.9 Å². The molecule has 0 radical (unpaired) electrons. The Bertz CT molecular complexity index is 1750. The quantitative estimate of drug-likeness (QED) is 0.333. The highest BCUT2D eigenvalue weighted by Gasteiger charge is 2.35. The maximum absolute atomic E-state index is 14.1. The minimum Gasteiger partial charge on any atom is -0.496 e. The number of methoxy groups -OCH3 is 1. The van der Waals surface area contributed by atoms with E-state index >= 15 is 0 Å². The molecular weight excluding hydrogens is 500 g/mol. The van der Waals surface area contributed by atoms with Gasteiger partial charge in [0.25, 0.3) is 5.56 Å². The van der Waals surface area contributed by atoms with Crippen LogP contribution in [0.3, 0.4) is 0 Å². The average molecular weight is 529 g/mol. The van der Waals surface area contributed by atoms with Crippen LogP contribution in [-0.2, 0) is 9.53 Å². The molecule has 4 aromatic rings. The van der Waals surface area contributed by atoms with Crippen molar-refractivity contribution in [1.29, 1.82) is 0 Å². The third kappa shape index (κ3) is 4.41. The number of nitrogens with zero attached hydrogens (tertiary/aromatic N) is 2. The molecule has 38 heavy (non-hydrogen) atoms. The van der Waals surface area contributed by atoms with Gasteiger partial charge in [-0.15, -0.1) is 0 Å². The number of allylic oxidation sites excluding steroid dienone is 1. The predicted molar refractivity (Wildman–Crippen MR) is 149 cm³/mol. The summed E-state index contributed by atoms with van der Waals surface area (Å²) >= 11 is 1.28. The van der Waals surface area contributed by atoms with Crippen LogP contribution >= 0.6 is 11.3 Å². The van der Waals surface area contributed by atoms with Gasteiger partial charge in [-0.3, -0.25) is 9.36 Å². The smallest absolute Gasteiger partial charge is 0.338 e. The summed E-state index contributed by atoms with van der Waals surface area (Å²) in [6.45, 7) is 6.07. The largest absolute Gasteiger partial charge is 0.496 e. The van der Waals surface area contributed by atoms with E-state index in [0.717, 1.165) is 16.3 Å². The lowest BCUT2D eigenvalue weighted by Crippen LogP contribution is -2.40. The maximum atomic E-state index is 14.1. The first kappa shape index (κ1) is 25.5. The SMILES string of the molecule is CCOC(=O)C1=C(C)N=c2s/c(=C\c3c(OC)ccc4ccccc34)c(=O)n2[C@H]1c1ccccc1OCC. The third-order valence-electron chi connectivity index (χ3n) is 6.46. The van der Waals surface area contributed by atoms with E-state index in [0.29, 0.717) is 44.3 Å². The molecule has 1 aliphatic heterocycles. The number of carbonyl (C=O) groups excluding carboxylic acids is 1. The number of hydrogen-bond acceptors (Lipinski definition) is 7. The highest BCUT2D eigenvalue weighted by atomic mass is 32.1. The summed E-state index contributed by atoms with van der Waals surface area (Å²) in [6, 6.07) is 18.6. The third-order valence-corrected chi connectivity index (χ3v) is 7.44. The Kier molecular flexibility index (Phi) is 7.15. The maximum Gasteiger partial charge on any atom is 0.338 e. The molecule has 5 rings (SSSR count). The average Bonchev–Trinajstić information content (AvgIpc) is 3.23. The number of ether oxygens (including phenoxy) is 3. The second kappa shape index (κ2) is 10.7. The van der Waals surface area contributed by atoms with Gasteiger partial charge in [0.05, 0.1) is 36.1 Å². The Morgan fingerprint density at radius 1 is 1.03 bits per heavy atom. The summed E-state index contributed by atoms with van der Waals surface area (Å²) in [4.78, 5) is 32.4. The van der Waals surface area contributed by atoms with Gasteiger partial charge in [0.2, 0.25) is 0 Å². The van der Waals surface area contributed by atoms with Gasteiger partial charge < -0.3 is 14.2 Å². The van der Waals surface area contributed by atoms with Crippen LogP contribution < -0.4 is 24.4 Å². The summed E-state index contributed by atoms with van der Waals surface area (Å²) in [5.41, 5.74) is 2.08. The molecule has 194 valence electrons. The summed E-state index contributed by atoms with van der Waals surface area (Å²) in [5.74, 6) is 0.757. The molecule has 1 aliphatic rings. The molecule has 2 heterocycles. The van der Waals surface area contributed by atoms with Crippen molar-refractivity contribution in [2.24, 2.45) is 4.99 Å². The molecule has 1 aromatic heterocycles. The van der Waals surface area contributed by atoms with Crippen molar-refractivity contribution >= 4 is 34.2 Å². The Labute approximate surface area is 223 Å². The van der Waals surface area contributed by atoms with Crippen molar-refractivity contribution in [1.82, 2.24) is 4.57 Å². The van der Waals surface area contributed by atoms with Gasteiger partial charge in [0.1, 0.15) is 17.5 Å². The van der Waals surface area contributed by atoms with E-state index in [1.807, 2.05) is 73.7 Å². The number of benzene rings is 3. The molecule has 1 atom stereocenters. The van der Waals surface area contributed by atoms with Crippen LogP contribution in [0.2, 0.25) is 0 Å². The lowest BCUT2D eigenvalue weighted by Gasteiger charge is -2.26. The summed E-state index contributed by atoms with van der Waals surface area (Å²) in [7, 11) is 1.61. The number of hydrogen-bond donors (Lipinski definition) is 0. The van der Waals surface area contributed by atoms with Gasteiger partial charge in [0, 0.05) is 11.1 Å². The molecule has 0 amide bonds. The van der Waals surface area contributed by atoms with Gasteiger partial charge in [-0.1, -0.05) is 59.9 Å². The number of thiazole rings is 1. The number of carbonyl (C=O) groups is 1. The minimum atomic E-state index is -0.746. The molecule has 7 nitrogen and oxygen atoms in total. The molecule has 8 heteroatoms. The molecular formula is C30H28N2O5S. The van der Waals surface area contributed by atoms with Crippen molar-refractivity contribution in [3.05, 3.63) is 103 Å². The van der Waals surface area contributed by atoms with Crippen LogP contribution in [0.15, 0.2) is 81.7 Å². The van der Waals surface area contributed by atoms with Crippen LogP contribution in [0.5, 0.6) is 11.5 Å². The standard InChI is InChI=1S/C30H28N2O5S/c1-5-36-24-14-10-9-13-21(24)27-26(29(34)37-6-2)18(3)31-30-32(27)28(33)25(38-30)17-22-20-12-8-7-11-19(20)15-16-23(22)35-4/h7-17,27H,5-6H2,1-4H3/b25-17-/t27-/m0/s1. The van der Waals surface area contributed by atoms with Crippen molar-refractivity contribution in [3.63, 3.8) is 0 Å².